The first kappa shape index (κ1) is 18.7. The molecule has 2 aliphatic rings. The van der Waals surface area contributed by atoms with Crippen LogP contribution in [0.5, 0.6) is 0 Å². The van der Waals surface area contributed by atoms with Crippen LogP contribution in [0.4, 0.5) is 0 Å². The molecule has 2 aliphatic heterocycles. The Bertz CT molecular complexity index is 690. The van der Waals surface area contributed by atoms with E-state index in [-0.39, 0.29) is 11.8 Å². The van der Waals surface area contributed by atoms with Crippen LogP contribution in [0.3, 0.4) is 0 Å². The minimum Gasteiger partial charge on any atom is -0.353 e. The lowest BCUT2D eigenvalue weighted by atomic mass is 9.96. The van der Waals surface area contributed by atoms with Gasteiger partial charge in [-0.2, -0.15) is 16.1 Å². The summed E-state index contributed by atoms with van der Waals surface area (Å²) in [7, 11) is -3.46. The molecular formula is C18H26N2O3S2. The number of carbonyl (C=O) groups is 1. The summed E-state index contributed by atoms with van der Waals surface area (Å²) in [5.74, 6) is 2.25. The van der Waals surface area contributed by atoms with Crippen molar-refractivity contribution >= 4 is 27.7 Å². The normalized spacial score (nSPS) is 21.2. The van der Waals surface area contributed by atoms with E-state index in [2.05, 4.69) is 5.32 Å². The minimum absolute atomic E-state index is 0.0703. The number of benzene rings is 1. The molecule has 0 saturated carbocycles. The monoisotopic (exact) mass is 382 g/mol. The zero-order valence-electron chi connectivity index (χ0n) is 14.6. The molecule has 0 spiro atoms. The molecule has 138 valence electrons. The number of carbonyl (C=O) groups excluding carboxylic acids is 1. The molecule has 0 aromatic heterocycles. The van der Waals surface area contributed by atoms with Gasteiger partial charge in [0.05, 0.1) is 4.90 Å². The summed E-state index contributed by atoms with van der Waals surface area (Å²) in [5.41, 5.74) is 1.04. The van der Waals surface area contributed by atoms with Gasteiger partial charge in [-0.25, -0.2) is 8.42 Å². The summed E-state index contributed by atoms with van der Waals surface area (Å²) in [6.07, 6.45) is 3.27. The highest BCUT2D eigenvalue weighted by atomic mass is 32.2. The molecule has 0 unspecified atom stereocenters. The van der Waals surface area contributed by atoms with Crippen molar-refractivity contribution in [1.82, 2.24) is 9.62 Å². The molecule has 1 amide bonds. The quantitative estimate of drug-likeness (QED) is 0.868. The van der Waals surface area contributed by atoms with E-state index in [1.807, 2.05) is 30.8 Å². The fraction of sp³-hybridized carbons (Fsp3) is 0.611. The van der Waals surface area contributed by atoms with Crippen LogP contribution in [0, 0.1) is 12.8 Å². The summed E-state index contributed by atoms with van der Waals surface area (Å²) in [5, 5.41) is 3.16. The van der Waals surface area contributed by atoms with Gasteiger partial charge in [0, 0.05) is 25.0 Å². The third kappa shape index (κ3) is 4.57. The predicted octanol–water partition coefficient (Wildman–Crippen LogP) is 2.41. The molecule has 0 atom stereocenters. The Hall–Kier alpha value is -1.05. The Balaban J connectivity index is 1.55. The summed E-state index contributed by atoms with van der Waals surface area (Å²) in [6, 6.07) is 7.24. The van der Waals surface area contributed by atoms with E-state index in [0.29, 0.717) is 36.9 Å². The van der Waals surface area contributed by atoms with E-state index in [0.717, 1.165) is 29.9 Å². The highest BCUT2D eigenvalue weighted by Crippen LogP contribution is 2.25. The van der Waals surface area contributed by atoms with Gasteiger partial charge >= 0.3 is 0 Å². The van der Waals surface area contributed by atoms with Crippen molar-refractivity contribution in [2.45, 2.75) is 43.5 Å². The van der Waals surface area contributed by atoms with E-state index in [1.54, 1.807) is 12.1 Å². The van der Waals surface area contributed by atoms with Gasteiger partial charge < -0.3 is 5.32 Å². The Kier molecular flexibility index (Phi) is 6.07. The van der Waals surface area contributed by atoms with Crippen molar-refractivity contribution in [2.24, 2.45) is 5.92 Å². The minimum atomic E-state index is -3.46. The number of rotatable bonds is 4. The molecule has 2 saturated heterocycles. The first-order chi connectivity index (χ1) is 12.0. The second-order valence-electron chi connectivity index (χ2n) is 6.89. The largest absolute Gasteiger partial charge is 0.353 e. The lowest BCUT2D eigenvalue weighted by molar-refractivity contribution is -0.126. The van der Waals surface area contributed by atoms with Gasteiger partial charge in [-0.3, -0.25) is 4.79 Å². The van der Waals surface area contributed by atoms with Crippen molar-refractivity contribution in [3.63, 3.8) is 0 Å². The van der Waals surface area contributed by atoms with E-state index in [1.165, 1.54) is 4.31 Å². The maximum absolute atomic E-state index is 12.7. The Labute approximate surface area is 154 Å². The average molecular weight is 383 g/mol. The van der Waals surface area contributed by atoms with Crippen molar-refractivity contribution in [2.75, 3.05) is 24.6 Å². The second kappa shape index (κ2) is 8.10. The van der Waals surface area contributed by atoms with Crippen LogP contribution in [-0.4, -0.2) is 49.3 Å². The molecule has 5 nitrogen and oxygen atoms in total. The summed E-state index contributed by atoms with van der Waals surface area (Å²) < 4.78 is 26.9. The first-order valence-electron chi connectivity index (χ1n) is 8.92. The average Bonchev–Trinajstić information content (AvgIpc) is 2.63. The maximum atomic E-state index is 12.7. The van der Waals surface area contributed by atoms with Gasteiger partial charge in [-0.15, -0.1) is 0 Å². The van der Waals surface area contributed by atoms with Crippen LogP contribution < -0.4 is 5.32 Å². The Morgan fingerprint density at radius 1 is 1.08 bits per heavy atom. The molecule has 0 aliphatic carbocycles. The predicted molar refractivity (Wildman–Crippen MR) is 101 cm³/mol. The Morgan fingerprint density at radius 2 is 1.68 bits per heavy atom. The van der Waals surface area contributed by atoms with Gasteiger partial charge in [-0.1, -0.05) is 17.7 Å². The first-order valence-corrected chi connectivity index (χ1v) is 11.5. The smallest absolute Gasteiger partial charge is 0.243 e. The topological polar surface area (TPSA) is 66.5 Å². The van der Waals surface area contributed by atoms with Crippen molar-refractivity contribution in [3.8, 4) is 0 Å². The zero-order chi connectivity index (χ0) is 17.9. The molecule has 25 heavy (non-hydrogen) atoms. The SMILES string of the molecule is Cc1ccc(S(=O)(=O)N2CCC(C(=O)NC3CCSCC3)CC2)cc1. The Morgan fingerprint density at radius 3 is 2.28 bits per heavy atom. The maximum Gasteiger partial charge on any atom is 0.243 e. The van der Waals surface area contributed by atoms with Crippen LogP contribution in [0.25, 0.3) is 0 Å². The number of thioether (sulfide) groups is 1. The molecular weight excluding hydrogens is 356 g/mol. The van der Waals surface area contributed by atoms with Gasteiger partial charge in [0.1, 0.15) is 0 Å². The van der Waals surface area contributed by atoms with E-state index in [9.17, 15) is 13.2 Å². The van der Waals surface area contributed by atoms with Gasteiger partial charge in [0.25, 0.3) is 0 Å². The molecule has 2 heterocycles. The molecule has 3 rings (SSSR count). The molecule has 1 N–H and O–H groups in total. The number of hydrogen-bond acceptors (Lipinski definition) is 4. The van der Waals surface area contributed by atoms with E-state index < -0.39 is 10.0 Å². The van der Waals surface area contributed by atoms with Crippen LogP contribution in [0.2, 0.25) is 0 Å². The molecule has 1 aromatic carbocycles. The fourth-order valence-corrected chi connectivity index (χ4v) is 5.95. The summed E-state index contributed by atoms with van der Waals surface area (Å²) in [4.78, 5) is 12.8. The highest BCUT2D eigenvalue weighted by Gasteiger charge is 2.32. The number of sulfonamides is 1. The molecule has 0 radical (unpaired) electrons. The molecule has 0 bridgehead atoms. The lowest BCUT2D eigenvalue weighted by Gasteiger charge is -2.32. The number of nitrogens with one attached hydrogen (secondary N) is 1. The number of nitrogens with zero attached hydrogens (tertiary/aromatic N) is 1. The van der Waals surface area contributed by atoms with Gasteiger partial charge in [0.2, 0.25) is 15.9 Å². The third-order valence-corrected chi connectivity index (χ3v) is 8.01. The zero-order valence-corrected chi connectivity index (χ0v) is 16.2. The second-order valence-corrected chi connectivity index (χ2v) is 10.0. The van der Waals surface area contributed by atoms with Crippen molar-refractivity contribution in [3.05, 3.63) is 29.8 Å². The number of aryl methyl sites for hydroxylation is 1. The van der Waals surface area contributed by atoms with Crippen LogP contribution in [-0.2, 0) is 14.8 Å². The molecule has 2 fully saturated rings. The van der Waals surface area contributed by atoms with Gasteiger partial charge in [-0.05, 0) is 56.2 Å². The highest BCUT2D eigenvalue weighted by molar-refractivity contribution is 7.99. The summed E-state index contributed by atoms with van der Waals surface area (Å²) in [6.45, 7) is 2.76. The number of amides is 1. The van der Waals surface area contributed by atoms with Gasteiger partial charge in [0.15, 0.2) is 0 Å². The van der Waals surface area contributed by atoms with E-state index >= 15 is 0 Å². The molecule has 1 aromatic rings. The summed E-state index contributed by atoms with van der Waals surface area (Å²) >= 11 is 1.94. The standard InChI is InChI=1S/C18H26N2O3S2/c1-14-2-4-17(5-3-14)25(22,23)20-10-6-15(7-11-20)18(21)19-16-8-12-24-13-9-16/h2-5,15-16H,6-13H2,1H3,(H,19,21). The number of piperidine rings is 1. The van der Waals surface area contributed by atoms with Crippen molar-refractivity contribution < 1.29 is 13.2 Å². The number of hydrogen-bond donors (Lipinski definition) is 1. The fourth-order valence-electron chi connectivity index (χ4n) is 3.38. The van der Waals surface area contributed by atoms with Crippen LogP contribution in [0.1, 0.15) is 31.2 Å². The van der Waals surface area contributed by atoms with Crippen LogP contribution in [0.15, 0.2) is 29.2 Å². The van der Waals surface area contributed by atoms with E-state index in [4.69, 9.17) is 0 Å². The third-order valence-electron chi connectivity index (χ3n) is 5.05. The lowest BCUT2D eigenvalue weighted by Crippen LogP contribution is -2.46. The van der Waals surface area contributed by atoms with Crippen molar-refractivity contribution in [1.29, 1.82) is 0 Å². The van der Waals surface area contributed by atoms with Crippen LogP contribution >= 0.6 is 11.8 Å². The molecule has 7 heteroatoms.